The number of allylic oxidation sites excluding steroid dienone is 1. The van der Waals surface area contributed by atoms with Gasteiger partial charge in [0.25, 0.3) is 0 Å². The molecule has 0 aromatic heterocycles. The van der Waals surface area contributed by atoms with Crippen molar-refractivity contribution in [1.82, 2.24) is 10.4 Å². The molecule has 1 saturated heterocycles. The van der Waals surface area contributed by atoms with Crippen LogP contribution in [0.3, 0.4) is 0 Å². The van der Waals surface area contributed by atoms with Crippen LogP contribution in [0.15, 0.2) is 11.3 Å². The molecule has 4 heteroatoms. The zero-order valence-electron chi connectivity index (χ0n) is 9.83. The topological polar surface area (TPSA) is 52.6 Å². The van der Waals surface area contributed by atoms with Crippen molar-refractivity contribution in [2.45, 2.75) is 39.0 Å². The van der Waals surface area contributed by atoms with E-state index >= 15 is 0 Å². The molecule has 2 heterocycles. The van der Waals surface area contributed by atoms with Crippen LogP contribution >= 0.6 is 0 Å². The molecule has 0 spiro atoms. The molecule has 2 aliphatic heterocycles. The second-order valence-electron chi connectivity index (χ2n) is 4.65. The number of hydrazine groups is 1. The van der Waals surface area contributed by atoms with E-state index in [2.05, 4.69) is 10.4 Å². The van der Waals surface area contributed by atoms with Gasteiger partial charge in [0, 0.05) is 18.8 Å². The highest BCUT2D eigenvalue weighted by Gasteiger charge is 2.27. The number of nitrogens with one attached hydrogen (secondary N) is 1. The first-order chi connectivity index (χ1) is 7.70. The fraction of sp³-hybridized carbons (Fsp3) is 0.750. The van der Waals surface area contributed by atoms with E-state index in [0.29, 0.717) is 0 Å². The molecular weight excluding hydrogens is 204 g/mol. The molecule has 1 atom stereocenters. The minimum absolute atomic E-state index is 0.335. The van der Waals surface area contributed by atoms with E-state index in [1.54, 1.807) is 6.92 Å². The number of hydrogen-bond acceptors (Lipinski definition) is 3. The summed E-state index contributed by atoms with van der Waals surface area (Å²) < 4.78 is 0. The monoisotopic (exact) mass is 224 g/mol. The number of fused-ring (bicyclic) bond motifs is 1. The minimum atomic E-state index is -0.700. The van der Waals surface area contributed by atoms with Gasteiger partial charge in [0.2, 0.25) is 0 Å². The van der Waals surface area contributed by atoms with Gasteiger partial charge in [-0.25, -0.2) is 5.43 Å². The average Bonchev–Trinajstić information content (AvgIpc) is 2.52. The van der Waals surface area contributed by atoms with Crippen LogP contribution < -0.4 is 5.43 Å². The quantitative estimate of drug-likeness (QED) is 0.750. The van der Waals surface area contributed by atoms with Gasteiger partial charge in [0.15, 0.2) is 0 Å². The number of aliphatic carboxylic acids is 1. The molecule has 0 radical (unpaired) electrons. The third kappa shape index (κ3) is 2.21. The maximum atomic E-state index is 11.1. The Balaban J connectivity index is 2.27. The lowest BCUT2D eigenvalue weighted by atomic mass is 9.90. The van der Waals surface area contributed by atoms with E-state index < -0.39 is 5.97 Å². The summed E-state index contributed by atoms with van der Waals surface area (Å²) in [6, 6.07) is 0. The summed E-state index contributed by atoms with van der Waals surface area (Å²) in [6.45, 7) is 3.84. The molecule has 2 aliphatic rings. The minimum Gasteiger partial charge on any atom is -0.481 e. The van der Waals surface area contributed by atoms with Crippen molar-refractivity contribution >= 4 is 5.97 Å². The van der Waals surface area contributed by atoms with Crippen LogP contribution in [0.1, 0.15) is 39.0 Å². The predicted octanol–water partition coefficient (Wildman–Crippen LogP) is 1.75. The van der Waals surface area contributed by atoms with Crippen LogP contribution in [0.25, 0.3) is 0 Å². The van der Waals surface area contributed by atoms with Gasteiger partial charge in [-0.05, 0) is 44.6 Å². The van der Waals surface area contributed by atoms with Crippen molar-refractivity contribution in [2.24, 2.45) is 5.92 Å². The zero-order valence-corrected chi connectivity index (χ0v) is 9.83. The third-order valence-corrected chi connectivity index (χ3v) is 3.56. The fourth-order valence-corrected chi connectivity index (χ4v) is 2.60. The number of nitrogens with zero attached hydrogens (tertiary/aromatic N) is 1. The maximum absolute atomic E-state index is 11.1. The Morgan fingerprint density at radius 3 is 2.94 bits per heavy atom. The molecule has 2 N–H and O–H groups in total. The normalized spacial score (nSPS) is 23.7. The fourth-order valence-electron chi connectivity index (χ4n) is 2.60. The second-order valence-corrected chi connectivity index (χ2v) is 4.65. The summed E-state index contributed by atoms with van der Waals surface area (Å²) in [4.78, 5) is 11.1. The Labute approximate surface area is 96.3 Å². The van der Waals surface area contributed by atoms with E-state index in [9.17, 15) is 4.79 Å². The van der Waals surface area contributed by atoms with Gasteiger partial charge in [0.1, 0.15) is 0 Å². The maximum Gasteiger partial charge on any atom is 0.310 e. The number of hydrogen-bond donors (Lipinski definition) is 2. The van der Waals surface area contributed by atoms with Crippen molar-refractivity contribution in [3.05, 3.63) is 11.3 Å². The number of carbonyl (C=O) groups is 1. The molecule has 2 rings (SSSR count). The Morgan fingerprint density at radius 2 is 2.19 bits per heavy atom. The molecule has 1 unspecified atom stereocenters. The highest BCUT2D eigenvalue weighted by Crippen LogP contribution is 2.31. The summed E-state index contributed by atoms with van der Waals surface area (Å²) in [5.74, 6) is -1.04. The number of rotatable bonds is 2. The van der Waals surface area contributed by atoms with E-state index in [1.165, 1.54) is 12.1 Å². The zero-order chi connectivity index (χ0) is 11.5. The smallest absolute Gasteiger partial charge is 0.310 e. The van der Waals surface area contributed by atoms with E-state index in [4.69, 9.17) is 5.11 Å². The molecule has 0 amide bonds. The lowest BCUT2D eigenvalue weighted by molar-refractivity contribution is -0.140. The van der Waals surface area contributed by atoms with Gasteiger partial charge in [0.05, 0.1) is 5.92 Å². The molecule has 0 aliphatic carbocycles. The molecule has 16 heavy (non-hydrogen) atoms. The van der Waals surface area contributed by atoms with Crippen LogP contribution in [-0.4, -0.2) is 29.2 Å². The standard InChI is InChI=1S/C12H20N2O2/c1-9(12(15)16)10-5-4-8-14-11(10)6-2-3-7-13-14/h9,13H,2-8H2,1H3,(H,15,16). The number of carboxylic acid groups (broad SMARTS) is 1. The lowest BCUT2D eigenvalue weighted by Gasteiger charge is -2.34. The summed E-state index contributed by atoms with van der Waals surface area (Å²) in [6.07, 6.45) is 5.37. The van der Waals surface area contributed by atoms with Crippen LogP contribution in [-0.2, 0) is 4.79 Å². The number of carboxylic acids is 1. The Bertz CT molecular complexity index is 312. The summed E-state index contributed by atoms with van der Waals surface area (Å²) >= 11 is 0. The summed E-state index contributed by atoms with van der Waals surface area (Å²) in [7, 11) is 0. The molecule has 0 aromatic carbocycles. The van der Waals surface area contributed by atoms with Crippen LogP contribution in [0.5, 0.6) is 0 Å². The van der Waals surface area contributed by atoms with Crippen molar-refractivity contribution < 1.29 is 9.90 Å². The van der Waals surface area contributed by atoms with Crippen molar-refractivity contribution in [3.63, 3.8) is 0 Å². The Kier molecular flexibility index (Phi) is 3.49. The highest BCUT2D eigenvalue weighted by atomic mass is 16.4. The first-order valence-electron chi connectivity index (χ1n) is 6.16. The van der Waals surface area contributed by atoms with Crippen molar-refractivity contribution in [1.29, 1.82) is 0 Å². The summed E-state index contributed by atoms with van der Waals surface area (Å²) in [5.41, 5.74) is 5.77. The third-order valence-electron chi connectivity index (χ3n) is 3.56. The molecule has 4 nitrogen and oxygen atoms in total. The van der Waals surface area contributed by atoms with Crippen LogP contribution in [0.2, 0.25) is 0 Å². The van der Waals surface area contributed by atoms with Crippen LogP contribution in [0.4, 0.5) is 0 Å². The summed E-state index contributed by atoms with van der Waals surface area (Å²) in [5, 5.41) is 11.3. The SMILES string of the molecule is CC(C(=O)O)C1=C2CCCCNN2CCC1. The molecule has 90 valence electrons. The molecular formula is C12H20N2O2. The van der Waals surface area contributed by atoms with E-state index in [-0.39, 0.29) is 5.92 Å². The van der Waals surface area contributed by atoms with Gasteiger partial charge < -0.3 is 10.1 Å². The van der Waals surface area contributed by atoms with Gasteiger partial charge in [-0.2, -0.15) is 0 Å². The molecule has 0 aromatic rings. The van der Waals surface area contributed by atoms with Gasteiger partial charge in [-0.15, -0.1) is 0 Å². The van der Waals surface area contributed by atoms with Crippen LogP contribution in [0, 0.1) is 5.92 Å². The second kappa shape index (κ2) is 4.87. The first-order valence-corrected chi connectivity index (χ1v) is 6.16. The Hall–Kier alpha value is -1.03. The largest absolute Gasteiger partial charge is 0.481 e. The van der Waals surface area contributed by atoms with Crippen molar-refractivity contribution in [2.75, 3.05) is 13.1 Å². The average molecular weight is 224 g/mol. The van der Waals surface area contributed by atoms with E-state index in [0.717, 1.165) is 44.3 Å². The van der Waals surface area contributed by atoms with Gasteiger partial charge in [-0.1, -0.05) is 0 Å². The Morgan fingerprint density at radius 1 is 1.38 bits per heavy atom. The van der Waals surface area contributed by atoms with E-state index in [1.807, 2.05) is 0 Å². The van der Waals surface area contributed by atoms with Crippen molar-refractivity contribution in [3.8, 4) is 0 Å². The molecule has 1 fully saturated rings. The molecule has 0 saturated carbocycles. The van der Waals surface area contributed by atoms with Gasteiger partial charge in [-0.3, -0.25) is 4.79 Å². The highest BCUT2D eigenvalue weighted by molar-refractivity contribution is 5.73. The first kappa shape index (κ1) is 11.5. The molecule has 0 bridgehead atoms. The predicted molar refractivity (Wildman–Crippen MR) is 61.6 cm³/mol. The van der Waals surface area contributed by atoms with Gasteiger partial charge >= 0.3 is 5.97 Å². The lowest BCUT2D eigenvalue weighted by Crippen LogP contribution is -2.40.